The smallest absolute Gasteiger partial charge is 0.139 e. The summed E-state index contributed by atoms with van der Waals surface area (Å²) in [5.74, 6) is 2.01. The minimum absolute atomic E-state index is 0.295. The van der Waals surface area contributed by atoms with Crippen LogP contribution in [0.4, 0.5) is 34.1 Å². The van der Waals surface area contributed by atoms with Gasteiger partial charge in [-0.1, -0.05) is 143 Å². The Kier molecular flexibility index (Phi) is 7.87. The fraction of sp³-hybridized carbons (Fsp3) is 0.107. The van der Waals surface area contributed by atoms with Gasteiger partial charge < -0.3 is 14.2 Å². The molecule has 1 heterocycles. The van der Waals surface area contributed by atoms with Crippen LogP contribution in [0.3, 0.4) is 0 Å². The number of fused-ring (bicyclic) bond motifs is 8. The maximum Gasteiger partial charge on any atom is 0.139 e. The molecule has 0 fully saturated rings. The minimum Gasteiger partial charge on any atom is -0.455 e. The molecular formula is C56H44N2O. The van der Waals surface area contributed by atoms with Gasteiger partial charge in [0.15, 0.2) is 0 Å². The summed E-state index contributed by atoms with van der Waals surface area (Å²) >= 11 is 0. The van der Waals surface area contributed by atoms with Gasteiger partial charge in [-0.05, 0) is 106 Å². The van der Waals surface area contributed by atoms with Crippen molar-refractivity contribution in [2.24, 2.45) is 0 Å². The van der Waals surface area contributed by atoms with E-state index in [4.69, 9.17) is 4.42 Å². The summed E-state index contributed by atoms with van der Waals surface area (Å²) in [4.78, 5) is 4.78. The van der Waals surface area contributed by atoms with Crippen LogP contribution in [0.25, 0.3) is 44.5 Å². The Morgan fingerprint density at radius 1 is 0.356 bits per heavy atom. The van der Waals surface area contributed by atoms with Gasteiger partial charge in [0, 0.05) is 67.1 Å². The summed E-state index contributed by atoms with van der Waals surface area (Å²) in [6, 6.07) is 70.1. The van der Waals surface area contributed by atoms with E-state index in [1.807, 2.05) is 0 Å². The van der Waals surface area contributed by atoms with Crippen LogP contribution in [0.15, 0.2) is 199 Å². The molecule has 2 aliphatic rings. The van der Waals surface area contributed by atoms with E-state index in [1.54, 1.807) is 0 Å². The Morgan fingerprint density at radius 3 is 1.42 bits per heavy atom. The topological polar surface area (TPSA) is 19.6 Å². The van der Waals surface area contributed by atoms with E-state index in [0.717, 1.165) is 45.6 Å². The first kappa shape index (κ1) is 35.1. The molecule has 0 spiro atoms. The van der Waals surface area contributed by atoms with Gasteiger partial charge in [-0.25, -0.2) is 0 Å². The summed E-state index contributed by atoms with van der Waals surface area (Å²) in [6.07, 6.45) is 0. The lowest BCUT2D eigenvalue weighted by atomic mass is 9.74. The summed E-state index contributed by atoms with van der Waals surface area (Å²) in [6.45, 7) is 9.51. The predicted molar refractivity (Wildman–Crippen MR) is 246 cm³/mol. The molecule has 284 valence electrons. The van der Waals surface area contributed by atoms with Gasteiger partial charge in [-0.3, -0.25) is 0 Å². The molecule has 0 amide bonds. The highest BCUT2D eigenvalue weighted by atomic mass is 16.3. The number of rotatable bonds is 7. The van der Waals surface area contributed by atoms with E-state index in [9.17, 15) is 0 Å². The molecule has 0 saturated carbocycles. The molecule has 0 saturated heterocycles. The first-order valence-corrected chi connectivity index (χ1v) is 20.6. The Hall–Kier alpha value is -7.10. The number of nitrogens with zero attached hydrogens (tertiary/aromatic N) is 2. The van der Waals surface area contributed by atoms with Crippen molar-refractivity contribution in [3.8, 4) is 33.8 Å². The standard InChI is InChI=1S/C56H44N2O/c1-55(2)48-35-43(57(40-22-10-6-11-23-40)42-29-28-37-18-14-15-21-39(37)34-42)30-32-46(48)53-51(55)52-54(59-53)47-33-31-44(36-49(47)56(52,3)4)58(41-24-12-7-13-25-41)50-27-17-16-26-45(50)38-19-8-5-9-20-38/h5-36H,1-4H3. The monoisotopic (exact) mass is 760 g/mol. The molecular weight excluding hydrogens is 717 g/mol. The van der Waals surface area contributed by atoms with Crippen molar-refractivity contribution in [2.45, 2.75) is 38.5 Å². The molecule has 2 aliphatic carbocycles. The molecule has 0 aliphatic heterocycles. The van der Waals surface area contributed by atoms with Crippen molar-refractivity contribution in [3.05, 3.63) is 216 Å². The lowest BCUT2D eigenvalue weighted by molar-refractivity contribution is 0.592. The van der Waals surface area contributed by atoms with Crippen LogP contribution in [0.5, 0.6) is 0 Å². The van der Waals surface area contributed by atoms with Crippen LogP contribution < -0.4 is 9.80 Å². The zero-order chi connectivity index (χ0) is 39.9. The zero-order valence-electron chi connectivity index (χ0n) is 33.8. The minimum atomic E-state index is -0.303. The van der Waals surface area contributed by atoms with E-state index in [-0.39, 0.29) is 10.8 Å². The van der Waals surface area contributed by atoms with Crippen LogP contribution in [-0.4, -0.2) is 0 Å². The number of para-hydroxylation sites is 3. The van der Waals surface area contributed by atoms with Crippen molar-refractivity contribution in [1.29, 1.82) is 0 Å². The number of hydrogen-bond acceptors (Lipinski definition) is 3. The largest absolute Gasteiger partial charge is 0.455 e. The second-order valence-corrected chi connectivity index (χ2v) is 17.0. The van der Waals surface area contributed by atoms with Crippen molar-refractivity contribution in [3.63, 3.8) is 0 Å². The first-order chi connectivity index (χ1) is 28.8. The number of furan rings is 1. The van der Waals surface area contributed by atoms with Crippen molar-refractivity contribution in [1.82, 2.24) is 0 Å². The van der Waals surface area contributed by atoms with Crippen molar-refractivity contribution in [2.75, 3.05) is 9.80 Å². The molecule has 59 heavy (non-hydrogen) atoms. The highest BCUT2D eigenvalue weighted by Crippen LogP contribution is 2.62. The normalized spacial score (nSPS) is 14.0. The van der Waals surface area contributed by atoms with Gasteiger partial charge >= 0.3 is 0 Å². The molecule has 0 unspecified atom stereocenters. The van der Waals surface area contributed by atoms with Gasteiger partial charge in [-0.15, -0.1) is 0 Å². The van der Waals surface area contributed by atoms with E-state index in [0.29, 0.717) is 0 Å². The lowest BCUT2D eigenvalue weighted by Gasteiger charge is -2.31. The molecule has 3 heteroatoms. The maximum absolute atomic E-state index is 7.13. The van der Waals surface area contributed by atoms with Crippen LogP contribution in [-0.2, 0) is 10.8 Å². The van der Waals surface area contributed by atoms with Crippen molar-refractivity contribution < 1.29 is 4.42 Å². The predicted octanol–water partition coefficient (Wildman–Crippen LogP) is 15.7. The summed E-state index contributed by atoms with van der Waals surface area (Å²) < 4.78 is 7.13. The highest BCUT2D eigenvalue weighted by molar-refractivity contribution is 5.94. The van der Waals surface area contributed by atoms with E-state index in [2.05, 4.69) is 232 Å². The molecule has 0 atom stereocenters. The van der Waals surface area contributed by atoms with Gasteiger partial charge in [0.2, 0.25) is 0 Å². The zero-order valence-corrected chi connectivity index (χ0v) is 33.8. The summed E-state index contributed by atoms with van der Waals surface area (Å²) in [5.41, 5.74) is 16.1. The molecule has 0 bridgehead atoms. The van der Waals surface area contributed by atoms with Crippen LogP contribution in [0.2, 0.25) is 0 Å². The average molecular weight is 761 g/mol. The van der Waals surface area contributed by atoms with Crippen LogP contribution in [0.1, 0.15) is 49.9 Å². The molecule has 8 aromatic carbocycles. The van der Waals surface area contributed by atoms with Crippen LogP contribution in [0, 0.1) is 0 Å². The summed E-state index contributed by atoms with van der Waals surface area (Å²) in [5, 5.41) is 2.46. The molecule has 0 N–H and O–H groups in total. The third-order valence-electron chi connectivity index (χ3n) is 12.8. The van der Waals surface area contributed by atoms with Gasteiger partial charge in [-0.2, -0.15) is 0 Å². The first-order valence-electron chi connectivity index (χ1n) is 20.6. The Morgan fingerprint density at radius 2 is 0.814 bits per heavy atom. The third kappa shape index (κ3) is 5.42. The Labute approximate surface area is 346 Å². The van der Waals surface area contributed by atoms with Gasteiger partial charge in [0.25, 0.3) is 0 Å². The fourth-order valence-electron chi connectivity index (χ4n) is 9.92. The van der Waals surface area contributed by atoms with E-state index < -0.39 is 0 Å². The Balaban J connectivity index is 1.02. The lowest BCUT2D eigenvalue weighted by Crippen LogP contribution is -2.23. The molecule has 1 aromatic heterocycles. The quantitative estimate of drug-likeness (QED) is 0.161. The van der Waals surface area contributed by atoms with E-state index >= 15 is 0 Å². The average Bonchev–Trinajstić information content (AvgIpc) is 3.86. The SMILES string of the molecule is CC1(C)c2cc(N(c3ccccc3)c3ccc4ccccc4c3)ccc2-c2oc3c(c21)C(C)(C)c1cc(N(c2ccccc2)c2ccccc2-c2ccccc2)ccc1-3. The third-order valence-corrected chi connectivity index (χ3v) is 12.8. The maximum atomic E-state index is 7.13. The summed E-state index contributed by atoms with van der Waals surface area (Å²) in [7, 11) is 0. The second-order valence-electron chi connectivity index (χ2n) is 17.0. The Bertz CT molecular complexity index is 3050. The van der Waals surface area contributed by atoms with E-state index in [1.165, 1.54) is 55.3 Å². The van der Waals surface area contributed by atoms with Gasteiger partial charge in [0.05, 0.1) is 5.69 Å². The second kappa shape index (κ2) is 13.2. The molecule has 3 nitrogen and oxygen atoms in total. The number of anilines is 6. The molecule has 11 rings (SSSR count). The molecule has 0 radical (unpaired) electrons. The van der Waals surface area contributed by atoms with Crippen LogP contribution >= 0.6 is 0 Å². The highest BCUT2D eigenvalue weighted by Gasteiger charge is 2.50. The van der Waals surface area contributed by atoms with Gasteiger partial charge in [0.1, 0.15) is 11.5 Å². The number of hydrogen-bond donors (Lipinski definition) is 0. The number of benzene rings is 8. The van der Waals surface area contributed by atoms with Crippen molar-refractivity contribution >= 4 is 44.9 Å². The fourth-order valence-corrected chi connectivity index (χ4v) is 9.92. The molecule has 9 aromatic rings.